The summed E-state index contributed by atoms with van der Waals surface area (Å²) in [5, 5.41) is 2.40. The molecule has 3 aromatic rings. The Morgan fingerprint density at radius 1 is 1.33 bits per heavy atom. The van der Waals surface area contributed by atoms with Crippen LogP contribution in [0.25, 0.3) is 10.9 Å². The lowest BCUT2D eigenvalue weighted by Gasteiger charge is -2.04. The van der Waals surface area contributed by atoms with Crippen molar-refractivity contribution in [3.05, 3.63) is 40.4 Å². The molecular formula is C11H8N4OS2. The summed E-state index contributed by atoms with van der Waals surface area (Å²) in [6.07, 6.45) is 3.13. The van der Waals surface area contributed by atoms with E-state index >= 15 is 0 Å². The predicted molar refractivity (Wildman–Crippen MR) is 73.0 cm³/mol. The second kappa shape index (κ2) is 4.43. The van der Waals surface area contributed by atoms with Crippen molar-refractivity contribution in [1.82, 2.24) is 15.0 Å². The fourth-order valence-corrected chi connectivity index (χ4v) is 3.19. The number of nitrogens with zero attached hydrogens (tertiary/aromatic N) is 2. The minimum Gasteiger partial charge on any atom is -0.398 e. The van der Waals surface area contributed by atoms with Crippen LogP contribution >= 0.6 is 23.1 Å². The molecule has 0 unspecified atom stereocenters. The molecule has 0 aliphatic carbocycles. The Labute approximate surface area is 110 Å². The summed E-state index contributed by atoms with van der Waals surface area (Å²) in [5.41, 5.74) is 6.95. The Balaban J connectivity index is 2.13. The van der Waals surface area contributed by atoms with Gasteiger partial charge in [-0.05, 0) is 12.1 Å². The molecule has 0 aliphatic rings. The van der Waals surface area contributed by atoms with E-state index in [4.69, 9.17) is 5.73 Å². The van der Waals surface area contributed by atoms with E-state index in [1.54, 1.807) is 23.6 Å². The van der Waals surface area contributed by atoms with E-state index < -0.39 is 0 Å². The number of aromatic nitrogens is 3. The lowest BCUT2D eigenvalue weighted by atomic mass is 10.2. The Kier molecular flexibility index (Phi) is 2.77. The quantitative estimate of drug-likeness (QED) is 0.700. The van der Waals surface area contributed by atoms with E-state index in [1.165, 1.54) is 18.1 Å². The summed E-state index contributed by atoms with van der Waals surface area (Å²) in [4.78, 5) is 23.3. The van der Waals surface area contributed by atoms with Crippen LogP contribution in [0.15, 0.2) is 44.1 Å². The smallest absolute Gasteiger partial charge is 0.258 e. The topological polar surface area (TPSA) is 84.7 Å². The van der Waals surface area contributed by atoms with Crippen LogP contribution in [0.3, 0.4) is 0 Å². The third-order valence-corrected chi connectivity index (χ3v) is 4.34. The molecule has 0 bridgehead atoms. The maximum atomic E-state index is 11.6. The normalized spacial score (nSPS) is 10.9. The largest absolute Gasteiger partial charge is 0.398 e. The summed E-state index contributed by atoms with van der Waals surface area (Å²) in [6, 6.07) is 3.46. The zero-order valence-corrected chi connectivity index (χ0v) is 10.7. The number of H-pyrrole nitrogens is 1. The first-order valence-electron chi connectivity index (χ1n) is 5.08. The van der Waals surface area contributed by atoms with Gasteiger partial charge in [0.15, 0.2) is 4.34 Å². The molecule has 90 valence electrons. The van der Waals surface area contributed by atoms with Crippen LogP contribution in [0.2, 0.25) is 0 Å². The number of hydrogen-bond acceptors (Lipinski definition) is 6. The SMILES string of the molecule is Nc1cc2c(=O)[nH]cnc2cc1Sc1nccs1. The molecule has 5 nitrogen and oxygen atoms in total. The molecule has 3 rings (SSSR count). The molecular weight excluding hydrogens is 268 g/mol. The van der Waals surface area contributed by atoms with Crippen molar-refractivity contribution in [2.75, 3.05) is 5.73 Å². The van der Waals surface area contributed by atoms with Gasteiger partial charge in [-0.1, -0.05) is 11.8 Å². The third kappa shape index (κ3) is 1.98. The Bertz CT molecular complexity index is 751. The number of benzene rings is 1. The molecule has 0 fully saturated rings. The van der Waals surface area contributed by atoms with E-state index in [9.17, 15) is 4.79 Å². The highest BCUT2D eigenvalue weighted by molar-refractivity contribution is 8.01. The summed E-state index contributed by atoms with van der Waals surface area (Å²) in [6.45, 7) is 0. The van der Waals surface area contributed by atoms with Crippen molar-refractivity contribution >= 4 is 39.7 Å². The molecule has 1 aromatic carbocycles. The number of anilines is 1. The van der Waals surface area contributed by atoms with Gasteiger partial charge in [-0.2, -0.15) is 0 Å². The highest BCUT2D eigenvalue weighted by atomic mass is 32.2. The van der Waals surface area contributed by atoms with E-state index in [2.05, 4.69) is 15.0 Å². The molecule has 0 radical (unpaired) electrons. The molecule has 2 heterocycles. The lowest BCUT2D eigenvalue weighted by Crippen LogP contribution is -2.07. The zero-order chi connectivity index (χ0) is 12.5. The van der Waals surface area contributed by atoms with Crippen molar-refractivity contribution < 1.29 is 0 Å². The Morgan fingerprint density at radius 3 is 3.00 bits per heavy atom. The molecule has 2 aromatic heterocycles. The van der Waals surface area contributed by atoms with Gasteiger partial charge < -0.3 is 10.7 Å². The van der Waals surface area contributed by atoms with E-state index in [0.717, 1.165) is 9.24 Å². The standard InChI is InChI=1S/C11H8N4OS2/c12-7-3-6-8(14-5-15-10(6)16)4-9(7)18-11-13-1-2-17-11/h1-5H,12H2,(H,14,15,16). The summed E-state index contributed by atoms with van der Waals surface area (Å²) < 4.78 is 0.908. The van der Waals surface area contributed by atoms with Crippen LogP contribution in [0.1, 0.15) is 0 Å². The fourth-order valence-electron chi connectivity index (χ4n) is 1.56. The Morgan fingerprint density at radius 2 is 2.22 bits per heavy atom. The molecule has 3 N–H and O–H groups in total. The number of rotatable bonds is 2. The second-order valence-electron chi connectivity index (χ2n) is 3.54. The van der Waals surface area contributed by atoms with Gasteiger partial charge in [-0.15, -0.1) is 11.3 Å². The molecule has 0 spiro atoms. The third-order valence-electron chi connectivity index (χ3n) is 2.38. The number of thiazole rings is 1. The highest BCUT2D eigenvalue weighted by Gasteiger charge is 2.08. The molecule has 0 aliphatic heterocycles. The number of fused-ring (bicyclic) bond motifs is 1. The second-order valence-corrected chi connectivity index (χ2v) is 5.72. The van der Waals surface area contributed by atoms with Gasteiger partial charge in [-0.3, -0.25) is 4.79 Å². The van der Waals surface area contributed by atoms with Crippen molar-refractivity contribution in [1.29, 1.82) is 0 Å². The molecule has 0 saturated carbocycles. The minimum absolute atomic E-state index is 0.183. The monoisotopic (exact) mass is 276 g/mol. The average molecular weight is 276 g/mol. The number of nitrogens with one attached hydrogen (secondary N) is 1. The van der Waals surface area contributed by atoms with Gasteiger partial charge in [0.1, 0.15) is 0 Å². The summed E-state index contributed by atoms with van der Waals surface area (Å²) >= 11 is 3.01. The molecule has 18 heavy (non-hydrogen) atoms. The molecule has 7 heteroatoms. The average Bonchev–Trinajstić information content (AvgIpc) is 2.84. The first-order valence-corrected chi connectivity index (χ1v) is 6.78. The molecule has 0 saturated heterocycles. The number of nitrogen functional groups attached to an aromatic ring is 1. The van der Waals surface area contributed by atoms with Crippen LogP contribution < -0.4 is 11.3 Å². The summed E-state index contributed by atoms with van der Waals surface area (Å²) in [5.74, 6) is 0. The predicted octanol–water partition coefficient (Wildman–Crippen LogP) is 2.11. The van der Waals surface area contributed by atoms with Gasteiger partial charge in [0, 0.05) is 22.2 Å². The van der Waals surface area contributed by atoms with Crippen LogP contribution in [-0.4, -0.2) is 15.0 Å². The summed E-state index contributed by atoms with van der Waals surface area (Å²) in [7, 11) is 0. The number of aromatic amines is 1. The maximum Gasteiger partial charge on any atom is 0.258 e. The first-order chi connectivity index (χ1) is 8.74. The van der Waals surface area contributed by atoms with Crippen molar-refractivity contribution in [3.8, 4) is 0 Å². The first kappa shape index (κ1) is 11.2. The lowest BCUT2D eigenvalue weighted by molar-refractivity contribution is 1.17. The molecule has 0 amide bonds. The van der Waals surface area contributed by atoms with E-state index in [1.807, 2.05) is 11.4 Å². The van der Waals surface area contributed by atoms with Crippen molar-refractivity contribution in [2.45, 2.75) is 9.24 Å². The van der Waals surface area contributed by atoms with Gasteiger partial charge in [0.05, 0.1) is 17.2 Å². The van der Waals surface area contributed by atoms with Crippen LogP contribution in [-0.2, 0) is 0 Å². The number of nitrogens with two attached hydrogens (primary N) is 1. The number of hydrogen-bond donors (Lipinski definition) is 2. The van der Waals surface area contributed by atoms with E-state index in [0.29, 0.717) is 16.6 Å². The van der Waals surface area contributed by atoms with E-state index in [-0.39, 0.29) is 5.56 Å². The van der Waals surface area contributed by atoms with Crippen LogP contribution in [0.5, 0.6) is 0 Å². The fraction of sp³-hybridized carbons (Fsp3) is 0. The van der Waals surface area contributed by atoms with Gasteiger partial charge in [0.25, 0.3) is 5.56 Å². The van der Waals surface area contributed by atoms with Gasteiger partial charge in [-0.25, -0.2) is 9.97 Å². The van der Waals surface area contributed by atoms with Gasteiger partial charge in [0.2, 0.25) is 0 Å². The Hall–Kier alpha value is -1.86. The van der Waals surface area contributed by atoms with Crippen LogP contribution in [0, 0.1) is 0 Å². The zero-order valence-electron chi connectivity index (χ0n) is 9.08. The maximum absolute atomic E-state index is 11.6. The van der Waals surface area contributed by atoms with Crippen molar-refractivity contribution in [2.24, 2.45) is 0 Å². The highest BCUT2D eigenvalue weighted by Crippen LogP contribution is 2.34. The molecule has 0 atom stereocenters. The van der Waals surface area contributed by atoms with Gasteiger partial charge >= 0.3 is 0 Å². The minimum atomic E-state index is -0.183. The van der Waals surface area contributed by atoms with Crippen LogP contribution in [0.4, 0.5) is 5.69 Å². The van der Waals surface area contributed by atoms with Crippen molar-refractivity contribution in [3.63, 3.8) is 0 Å².